The van der Waals surface area contributed by atoms with E-state index in [-0.39, 0.29) is 6.04 Å². The Hall–Kier alpha value is -1.80. The van der Waals surface area contributed by atoms with Gasteiger partial charge in [-0.3, -0.25) is 0 Å². The lowest BCUT2D eigenvalue weighted by atomic mass is 9.96. The Morgan fingerprint density at radius 3 is 2.47 bits per heavy atom. The van der Waals surface area contributed by atoms with Gasteiger partial charge in [0.15, 0.2) is 0 Å². The smallest absolute Gasteiger partial charge is 0.0479 e. The highest BCUT2D eigenvalue weighted by atomic mass is 15.1. The second-order valence-corrected chi connectivity index (χ2v) is 4.59. The number of hydrogen-bond donors (Lipinski definition) is 1. The number of para-hydroxylation sites is 1. The molecule has 2 N–H and O–H groups in total. The highest BCUT2D eigenvalue weighted by molar-refractivity contribution is 5.82. The lowest BCUT2D eigenvalue weighted by Gasteiger charge is -2.21. The normalized spacial score (nSPS) is 18.2. The van der Waals surface area contributed by atoms with Gasteiger partial charge in [0.25, 0.3) is 0 Å². The van der Waals surface area contributed by atoms with Crippen molar-refractivity contribution in [1.29, 1.82) is 0 Å². The lowest BCUT2D eigenvalue weighted by molar-refractivity contribution is 0.712. The Morgan fingerprint density at radius 1 is 1.00 bits per heavy atom. The van der Waals surface area contributed by atoms with Crippen LogP contribution in [0.2, 0.25) is 0 Å². The number of nitrogens with zero attached hydrogens (tertiary/aromatic N) is 1. The Morgan fingerprint density at radius 2 is 1.65 bits per heavy atom. The molecule has 0 fully saturated rings. The molecule has 2 nitrogen and oxygen atoms in total. The second kappa shape index (κ2) is 3.90. The van der Waals surface area contributed by atoms with Crippen LogP contribution in [0.25, 0.3) is 11.1 Å². The fraction of sp³-hybridized carbons (Fsp3) is 0.200. The van der Waals surface area contributed by atoms with Crippen molar-refractivity contribution >= 4 is 5.69 Å². The van der Waals surface area contributed by atoms with Gasteiger partial charge in [-0.05, 0) is 17.2 Å². The zero-order valence-electron chi connectivity index (χ0n) is 9.93. The predicted molar refractivity (Wildman–Crippen MR) is 72.1 cm³/mol. The summed E-state index contributed by atoms with van der Waals surface area (Å²) in [5, 5.41) is 0. The van der Waals surface area contributed by atoms with E-state index in [2.05, 4.69) is 60.5 Å². The van der Waals surface area contributed by atoms with Crippen LogP contribution in [0.1, 0.15) is 11.6 Å². The van der Waals surface area contributed by atoms with Gasteiger partial charge in [-0.15, -0.1) is 0 Å². The van der Waals surface area contributed by atoms with Gasteiger partial charge in [-0.25, -0.2) is 0 Å². The average Bonchev–Trinajstić information content (AvgIpc) is 2.48. The minimum atomic E-state index is 0.0728. The summed E-state index contributed by atoms with van der Waals surface area (Å²) in [6.45, 7) is 0.855. The Labute approximate surface area is 102 Å². The van der Waals surface area contributed by atoms with E-state index in [1.54, 1.807) is 0 Å². The molecule has 0 aromatic heterocycles. The standard InChI is InChI=1S/C15H16N2/c1-17-10-14(16)12-7-3-2-6-11(12)13-8-4-5-9-15(13)17/h2-9,14H,10,16H2,1H3/t14-/m1/s1. The first-order valence-corrected chi connectivity index (χ1v) is 5.92. The van der Waals surface area contributed by atoms with Crippen molar-refractivity contribution in [3.8, 4) is 11.1 Å². The summed E-state index contributed by atoms with van der Waals surface area (Å²) >= 11 is 0. The van der Waals surface area contributed by atoms with Crippen LogP contribution in [0.3, 0.4) is 0 Å². The molecule has 2 aromatic rings. The van der Waals surface area contributed by atoms with Crippen LogP contribution in [-0.4, -0.2) is 13.6 Å². The van der Waals surface area contributed by atoms with Crippen LogP contribution < -0.4 is 10.6 Å². The van der Waals surface area contributed by atoms with Gasteiger partial charge < -0.3 is 10.6 Å². The number of rotatable bonds is 0. The molecule has 17 heavy (non-hydrogen) atoms. The number of anilines is 1. The number of fused-ring (bicyclic) bond motifs is 3. The molecule has 0 amide bonds. The minimum Gasteiger partial charge on any atom is -0.372 e. The van der Waals surface area contributed by atoms with E-state index in [9.17, 15) is 0 Å². The first-order chi connectivity index (χ1) is 8.27. The summed E-state index contributed by atoms with van der Waals surface area (Å²) in [6, 6.07) is 17.0. The topological polar surface area (TPSA) is 29.3 Å². The molecule has 0 bridgehead atoms. The van der Waals surface area contributed by atoms with E-state index >= 15 is 0 Å². The van der Waals surface area contributed by atoms with E-state index in [1.165, 1.54) is 22.4 Å². The molecule has 3 rings (SSSR count). The highest BCUT2D eigenvalue weighted by Gasteiger charge is 2.21. The van der Waals surface area contributed by atoms with Crippen LogP contribution in [0.5, 0.6) is 0 Å². The van der Waals surface area contributed by atoms with Gasteiger partial charge >= 0.3 is 0 Å². The monoisotopic (exact) mass is 224 g/mol. The SMILES string of the molecule is CN1C[C@@H](N)c2ccccc2-c2ccccc21. The molecule has 1 aliphatic rings. The summed E-state index contributed by atoms with van der Waals surface area (Å²) in [5.74, 6) is 0. The molecule has 0 spiro atoms. The van der Waals surface area contributed by atoms with Crippen molar-refractivity contribution < 1.29 is 0 Å². The van der Waals surface area contributed by atoms with E-state index in [0.717, 1.165) is 6.54 Å². The summed E-state index contributed by atoms with van der Waals surface area (Å²) in [4.78, 5) is 2.24. The Bertz CT molecular complexity index is 499. The predicted octanol–water partition coefficient (Wildman–Crippen LogP) is 2.80. The first kappa shape index (κ1) is 10.4. The molecule has 86 valence electrons. The van der Waals surface area contributed by atoms with Crippen LogP contribution in [0.15, 0.2) is 48.5 Å². The van der Waals surface area contributed by atoms with Crippen molar-refractivity contribution in [2.45, 2.75) is 6.04 Å². The molecule has 0 aliphatic carbocycles. The maximum absolute atomic E-state index is 6.27. The highest BCUT2D eigenvalue weighted by Crippen LogP contribution is 2.37. The third-order valence-corrected chi connectivity index (χ3v) is 3.44. The molecule has 0 unspecified atom stereocenters. The Kier molecular flexibility index (Phi) is 2.37. The van der Waals surface area contributed by atoms with E-state index in [0.29, 0.717) is 0 Å². The van der Waals surface area contributed by atoms with Crippen LogP contribution >= 0.6 is 0 Å². The van der Waals surface area contributed by atoms with Gasteiger partial charge in [0.2, 0.25) is 0 Å². The quantitative estimate of drug-likeness (QED) is 0.745. The van der Waals surface area contributed by atoms with Crippen LogP contribution in [0, 0.1) is 0 Å². The van der Waals surface area contributed by atoms with Gasteiger partial charge in [0.1, 0.15) is 0 Å². The maximum Gasteiger partial charge on any atom is 0.0479 e. The second-order valence-electron chi connectivity index (χ2n) is 4.59. The number of likely N-dealkylation sites (N-methyl/N-ethyl adjacent to an activating group) is 1. The number of benzene rings is 2. The van der Waals surface area contributed by atoms with E-state index < -0.39 is 0 Å². The molecule has 2 aromatic carbocycles. The number of nitrogens with two attached hydrogens (primary N) is 1. The van der Waals surface area contributed by atoms with Crippen molar-refractivity contribution in [1.82, 2.24) is 0 Å². The fourth-order valence-corrected chi connectivity index (χ4v) is 2.59. The van der Waals surface area contributed by atoms with Crippen molar-refractivity contribution in [3.63, 3.8) is 0 Å². The van der Waals surface area contributed by atoms with Crippen molar-refractivity contribution in [2.75, 3.05) is 18.5 Å². The lowest BCUT2D eigenvalue weighted by Crippen LogP contribution is -2.27. The van der Waals surface area contributed by atoms with Crippen molar-refractivity contribution in [2.24, 2.45) is 5.73 Å². The third kappa shape index (κ3) is 1.61. The van der Waals surface area contributed by atoms with Gasteiger partial charge in [0, 0.05) is 30.9 Å². The molecular formula is C15H16N2. The van der Waals surface area contributed by atoms with Crippen LogP contribution in [0.4, 0.5) is 5.69 Å². The summed E-state index contributed by atoms with van der Waals surface area (Å²) in [7, 11) is 2.10. The first-order valence-electron chi connectivity index (χ1n) is 5.92. The number of hydrogen-bond acceptors (Lipinski definition) is 2. The summed E-state index contributed by atoms with van der Waals surface area (Å²) in [6.07, 6.45) is 0. The molecule has 1 aliphatic heterocycles. The molecule has 0 saturated heterocycles. The molecule has 0 radical (unpaired) electrons. The molecule has 1 atom stereocenters. The summed E-state index contributed by atoms with van der Waals surface area (Å²) in [5.41, 5.74) is 11.3. The molecular weight excluding hydrogens is 208 g/mol. The maximum atomic E-state index is 6.27. The van der Waals surface area contributed by atoms with E-state index in [1.807, 2.05) is 0 Å². The molecule has 2 heteroatoms. The molecule has 0 saturated carbocycles. The largest absolute Gasteiger partial charge is 0.372 e. The average molecular weight is 224 g/mol. The van der Waals surface area contributed by atoms with E-state index in [4.69, 9.17) is 5.73 Å². The van der Waals surface area contributed by atoms with Crippen LogP contribution in [-0.2, 0) is 0 Å². The van der Waals surface area contributed by atoms with Gasteiger partial charge in [0.05, 0.1) is 0 Å². The summed E-state index contributed by atoms with van der Waals surface area (Å²) < 4.78 is 0. The third-order valence-electron chi connectivity index (χ3n) is 3.44. The fourth-order valence-electron chi connectivity index (χ4n) is 2.59. The van der Waals surface area contributed by atoms with Gasteiger partial charge in [-0.2, -0.15) is 0 Å². The van der Waals surface area contributed by atoms with Crippen molar-refractivity contribution in [3.05, 3.63) is 54.1 Å². The molecule has 1 heterocycles. The minimum absolute atomic E-state index is 0.0728. The Balaban J connectivity index is 2.30. The van der Waals surface area contributed by atoms with Gasteiger partial charge in [-0.1, -0.05) is 42.5 Å². The zero-order chi connectivity index (χ0) is 11.8. The zero-order valence-corrected chi connectivity index (χ0v) is 9.93.